The van der Waals surface area contributed by atoms with Gasteiger partial charge in [-0.15, -0.1) is 0 Å². The van der Waals surface area contributed by atoms with Crippen LogP contribution in [0.5, 0.6) is 0 Å². The number of rotatable bonds is 2. The fourth-order valence-corrected chi connectivity index (χ4v) is 4.25. The highest BCUT2D eigenvalue weighted by atomic mass is 16.6. The van der Waals surface area contributed by atoms with Crippen LogP contribution in [0.1, 0.15) is 58.8 Å². The Morgan fingerprint density at radius 3 is 2.65 bits per heavy atom. The maximum absolute atomic E-state index is 12.5. The van der Waals surface area contributed by atoms with Crippen LogP contribution in [0.15, 0.2) is 23.3 Å². The molecule has 2 heterocycles. The second kappa shape index (κ2) is 7.65. The third-order valence-corrected chi connectivity index (χ3v) is 5.75. The number of likely N-dealkylation sites (tertiary alicyclic amines) is 1. The van der Waals surface area contributed by atoms with Crippen molar-refractivity contribution in [2.24, 2.45) is 11.8 Å². The lowest BCUT2D eigenvalue weighted by atomic mass is 9.84. The van der Waals surface area contributed by atoms with Crippen molar-refractivity contribution in [3.05, 3.63) is 23.3 Å². The van der Waals surface area contributed by atoms with Crippen LogP contribution in [0.25, 0.3) is 0 Å². The zero-order chi connectivity index (χ0) is 16.2. The molecule has 0 amide bonds. The first-order valence-corrected chi connectivity index (χ1v) is 9.39. The molecular weight excluding hydrogens is 286 g/mol. The summed E-state index contributed by atoms with van der Waals surface area (Å²) in [4.78, 5) is 15.0. The third-order valence-electron chi connectivity index (χ3n) is 5.75. The van der Waals surface area contributed by atoms with Crippen molar-refractivity contribution < 1.29 is 9.53 Å². The largest absolute Gasteiger partial charge is 0.458 e. The Hall–Kier alpha value is -1.09. The molecule has 0 aromatic rings. The van der Waals surface area contributed by atoms with Gasteiger partial charge in [0.1, 0.15) is 6.10 Å². The first-order valence-electron chi connectivity index (χ1n) is 9.39. The van der Waals surface area contributed by atoms with E-state index in [2.05, 4.69) is 30.9 Å². The molecule has 0 N–H and O–H groups in total. The molecule has 2 aliphatic heterocycles. The van der Waals surface area contributed by atoms with E-state index in [1.165, 1.54) is 30.4 Å². The van der Waals surface area contributed by atoms with Crippen LogP contribution < -0.4 is 0 Å². The number of piperidine rings is 1. The van der Waals surface area contributed by atoms with Gasteiger partial charge in [0.05, 0.1) is 5.92 Å². The SMILES string of the molecule is CC1=CCC[C@H]2[C@H](C=C(C)CC1)OC(=O)[C@@H]2CN1CCCCC1. The number of esters is 1. The van der Waals surface area contributed by atoms with Crippen LogP contribution in [0.4, 0.5) is 0 Å². The number of fused-ring (bicyclic) bond motifs is 1. The lowest BCUT2D eigenvalue weighted by Gasteiger charge is -2.30. The molecule has 23 heavy (non-hydrogen) atoms. The van der Waals surface area contributed by atoms with Crippen LogP contribution in [-0.4, -0.2) is 36.6 Å². The Morgan fingerprint density at radius 1 is 1.13 bits per heavy atom. The van der Waals surface area contributed by atoms with Crippen LogP contribution in [0, 0.1) is 11.8 Å². The van der Waals surface area contributed by atoms with E-state index in [0.29, 0.717) is 5.92 Å². The van der Waals surface area contributed by atoms with Gasteiger partial charge in [0.15, 0.2) is 0 Å². The summed E-state index contributed by atoms with van der Waals surface area (Å²) in [5.41, 5.74) is 2.84. The Balaban J connectivity index is 1.73. The summed E-state index contributed by atoms with van der Waals surface area (Å²) in [5, 5.41) is 0. The zero-order valence-corrected chi connectivity index (χ0v) is 14.7. The second-order valence-corrected chi connectivity index (χ2v) is 7.67. The van der Waals surface area contributed by atoms with E-state index in [-0.39, 0.29) is 18.0 Å². The number of nitrogens with zero attached hydrogens (tertiary/aromatic N) is 1. The minimum atomic E-state index is 0.00379. The van der Waals surface area contributed by atoms with E-state index in [1.807, 2.05) is 0 Å². The summed E-state index contributed by atoms with van der Waals surface area (Å²) in [7, 11) is 0. The Kier molecular flexibility index (Phi) is 5.58. The molecule has 0 bridgehead atoms. The van der Waals surface area contributed by atoms with E-state index < -0.39 is 0 Å². The van der Waals surface area contributed by atoms with Crippen molar-refractivity contribution in [3.8, 4) is 0 Å². The number of ether oxygens (including phenoxy) is 1. The molecule has 128 valence electrons. The van der Waals surface area contributed by atoms with Crippen LogP contribution in [0.2, 0.25) is 0 Å². The molecule has 3 rings (SSSR count). The minimum absolute atomic E-state index is 0.00379. The van der Waals surface area contributed by atoms with Crippen molar-refractivity contribution in [2.45, 2.75) is 64.9 Å². The molecule has 0 unspecified atom stereocenters. The van der Waals surface area contributed by atoms with Gasteiger partial charge in [0.2, 0.25) is 0 Å². The van der Waals surface area contributed by atoms with Gasteiger partial charge in [0.25, 0.3) is 0 Å². The molecule has 3 nitrogen and oxygen atoms in total. The summed E-state index contributed by atoms with van der Waals surface area (Å²) in [6, 6.07) is 0. The molecule has 3 heteroatoms. The van der Waals surface area contributed by atoms with Gasteiger partial charge in [0, 0.05) is 12.5 Å². The molecular formula is C20H31NO2. The topological polar surface area (TPSA) is 29.5 Å². The van der Waals surface area contributed by atoms with Gasteiger partial charge < -0.3 is 9.64 Å². The molecule has 1 aliphatic carbocycles. The van der Waals surface area contributed by atoms with Gasteiger partial charge in [-0.3, -0.25) is 4.79 Å². The summed E-state index contributed by atoms with van der Waals surface area (Å²) in [5.74, 6) is 0.450. The number of carbonyl (C=O) groups excluding carboxylic acids is 1. The molecule has 0 aromatic carbocycles. The highest BCUT2D eigenvalue weighted by Crippen LogP contribution is 2.36. The Labute approximate surface area is 140 Å². The fourth-order valence-electron chi connectivity index (χ4n) is 4.25. The first kappa shape index (κ1) is 16.8. The molecule has 2 saturated heterocycles. The maximum atomic E-state index is 12.5. The van der Waals surface area contributed by atoms with Crippen LogP contribution >= 0.6 is 0 Å². The van der Waals surface area contributed by atoms with Gasteiger partial charge in [-0.2, -0.15) is 0 Å². The molecule has 2 fully saturated rings. The minimum Gasteiger partial charge on any atom is -0.458 e. The van der Waals surface area contributed by atoms with Gasteiger partial charge >= 0.3 is 5.97 Å². The van der Waals surface area contributed by atoms with E-state index in [0.717, 1.165) is 45.3 Å². The fraction of sp³-hybridized carbons (Fsp3) is 0.750. The van der Waals surface area contributed by atoms with Crippen molar-refractivity contribution in [2.75, 3.05) is 19.6 Å². The molecule has 0 aromatic heterocycles. The number of carbonyl (C=O) groups is 1. The van der Waals surface area contributed by atoms with Crippen molar-refractivity contribution in [1.29, 1.82) is 0 Å². The van der Waals surface area contributed by atoms with Gasteiger partial charge in [-0.1, -0.05) is 23.6 Å². The number of hydrogen-bond donors (Lipinski definition) is 0. The lowest BCUT2D eigenvalue weighted by molar-refractivity contribution is -0.143. The Bertz CT molecular complexity index is 488. The highest BCUT2D eigenvalue weighted by Gasteiger charge is 2.43. The average molecular weight is 317 g/mol. The summed E-state index contributed by atoms with van der Waals surface area (Å²) >= 11 is 0. The molecule has 0 spiro atoms. The van der Waals surface area contributed by atoms with Gasteiger partial charge in [-0.25, -0.2) is 0 Å². The Morgan fingerprint density at radius 2 is 1.87 bits per heavy atom. The van der Waals surface area contributed by atoms with Gasteiger partial charge in [-0.05, 0) is 71.5 Å². The van der Waals surface area contributed by atoms with Crippen molar-refractivity contribution >= 4 is 5.97 Å². The van der Waals surface area contributed by atoms with Crippen molar-refractivity contribution in [1.82, 2.24) is 4.90 Å². The summed E-state index contributed by atoms with van der Waals surface area (Å²) in [6.07, 6.45) is 12.8. The normalized spacial score (nSPS) is 33.5. The van der Waals surface area contributed by atoms with Crippen LogP contribution in [-0.2, 0) is 9.53 Å². The quantitative estimate of drug-likeness (QED) is 0.567. The number of allylic oxidation sites excluding steroid dienone is 3. The van der Waals surface area contributed by atoms with E-state index in [4.69, 9.17) is 4.74 Å². The molecule has 3 aliphatic rings. The average Bonchev–Trinajstić information content (AvgIpc) is 2.82. The first-order chi connectivity index (χ1) is 11.1. The maximum Gasteiger partial charge on any atom is 0.311 e. The third kappa shape index (κ3) is 4.26. The van der Waals surface area contributed by atoms with Crippen LogP contribution in [0.3, 0.4) is 0 Å². The standard InChI is InChI=1S/C20H31NO2/c1-15-7-6-8-17-18(14-21-11-4-3-5-12-21)20(22)23-19(17)13-16(2)10-9-15/h7,13,17-19H,3-6,8-12,14H2,1-2H3/t17-,18-,19+/m1/s1. The predicted molar refractivity (Wildman–Crippen MR) is 93.1 cm³/mol. The zero-order valence-electron chi connectivity index (χ0n) is 14.7. The number of hydrogen-bond acceptors (Lipinski definition) is 3. The lowest BCUT2D eigenvalue weighted by Crippen LogP contribution is -2.38. The molecule has 0 radical (unpaired) electrons. The predicted octanol–water partition coefficient (Wildman–Crippen LogP) is 4.10. The summed E-state index contributed by atoms with van der Waals surface area (Å²) < 4.78 is 5.79. The highest BCUT2D eigenvalue weighted by molar-refractivity contribution is 5.76. The van der Waals surface area contributed by atoms with E-state index in [1.54, 1.807) is 0 Å². The molecule has 0 saturated carbocycles. The summed E-state index contributed by atoms with van der Waals surface area (Å²) in [6.45, 7) is 7.60. The molecule has 3 atom stereocenters. The second-order valence-electron chi connectivity index (χ2n) is 7.67. The monoisotopic (exact) mass is 317 g/mol. The van der Waals surface area contributed by atoms with E-state index >= 15 is 0 Å². The smallest absolute Gasteiger partial charge is 0.311 e. The van der Waals surface area contributed by atoms with Crippen molar-refractivity contribution in [3.63, 3.8) is 0 Å². The van der Waals surface area contributed by atoms with E-state index in [9.17, 15) is 4.79 Å².